The summed E-state index contributed by atoms with van der Waals surface area (Å²) in [6.07, 6.45) is 1.16. The SMILES string of the molecule is [2H]C([2H])([2H])Oc1ccc2c3c1O[C@H]1C(=O)CC[C@@]4(O)[C@H](C2)N(C)CC[C@]314. The second-order valence-corrected chi connectivity index (χ2v) is 7.34. The van der Waals surface area contributed by atoms with Crippen LogP contribution in [0.5, 0.6) is 11.5 Å². The quantitative estimate of drug-likeness (QED) is 0.839. The third-order valence-electron chi connectivity index (χ3n) is 6.62. The predicted octanol–water partition coefficient (Wildman–Crippen LogP) is 1.05. The van der Waals surface area contributed by atoms with Gasteiger partial charge in [0.2, 0.25) is 0 Å². The molecule has 2 bridgehead atoms. The first-order valence-corrected chi connectivity index (χ1v) is 8.15. The molecule has 4 atom stereocenters. The summed E-state index contributed by atoms with van der Waals surface area (Å²) in [6, 6.07) is 3.39. The highest BCUT2D eigenvalue weighted by molar-refractivity contribution is 5.90. The summed E-state index contributed by atoms with van der Waals surface area (Å²) >= 11 is 0. The molecule has 2 fully saturated rings. The van der Waals surface area contributed by atoms with Gasteiger partial charge in [-0.3, -0.25) is 4.79 Å². The third-order valence-corrected chi connectivity index (χ3v) is 6.62. The first kappa shape index (κ1) is 11.0. The van der Waals surface area contributed by atoms with E-state index >= 15 is 0 Å². The Hall–Kier alpha value is -1.59. The average molecular weight is 318 g/mol. The summed E-state index contributed by atoms with van der Waals surface area (Å²) in [7, 11) is -0.599. The number of hydrogen-bond acceptors (Lipinski definition) is 5. The molecule has 1 aromatic rings. The molecule has 0 unspecified atom stereocenters. The number of nitrogens with zero attached hydrogens (tertiary/aromatic N) is 1. The van der Waals surface area contributed by atoms with Crippen molar-refractivity contribution in [3.8, 4) is 11.5 Å². The van der Waals surface area contributed by atoms with Crippen LogP contribution < -0.4 is 9.47 Å². The van der Waals surface area contributed by atoms with E-state index in [1.165, 1.54) is 0 Å². The number of aliphatic hydroxyl groups is 1. The lowest BCUT2D eigenvalue weighted by Gasteiger charge is -2.62. The minimum absolute atomic E-state index is 0.0261. The largest absolute Gasteiger partial charge is 0.493 e. The molecular formula is C18H21NO4. The second-order valence-electron chi connectivity index (χ2n) is 7.34. The van der Waals surface area contributed by atoms with Gasteiger partial charge in [0.15, 0.2) is 23.4 Å². The van der Waals surface area contributed by atoms with E-state index in [1.54, 1.807) is 6.07 Å². The molecule has 0 radical (unpaired) electrons. The van der Waals surface area contributed by atoms with Crippen LogP contribution in [0.2, 0.25) is 0 Å². The molecule has 1 spiro atoms. The van der Waals surface area contributed by atoms with Crippen LogP contribution in [0.3, 0.4) is 0 Å². The lowest BCUT2D eigenvalue weighted by molar-refractivity contribution is -0.185. The number of carbonyl (C=O) groups excluding carboxylic acids is 1. The number of carbonyl (C=O) groups is 1. The van der Waals surface area contributed by atoms with Crippen molar-refractivity contribution in [2.75, 3.05) is 20.6 Å². The number of piperidine rings is 1. The van der Waals surface area contributed by atoms with Crippen molar-refractivity contribution in [2.24, 2.45) is 0 Å². The lowest BCUT2D eigenvalue weighted by atomic mass is 9.49. The highest BCUT2D eigenvalue weighted by Gasteiger charge is 2.72. The first-order valence-electron chi connectivity index (χ1n) is 9.65. The minimum atomic E-state index is -2.61. The van der Waals surface area contributed by atoms with Crippen molar-refractivity contribution in [2.45, 2.75) is 48.8 Å². The fourth-order valence-corrected chi connectivity index (χ4v) is 5.60. The zero-order chi connectivity index (χ0) is 18.5. The van der Waals surface area contributed by atoms with E-state index in [-0.39, 0.29) is 24.0 Å². The van der Waals surface area contributed by atoms with Gasteiger partial charge in [-0.2, -0.15) is 0 Å². The fraction of sp³-hybridized carbons (Fsp3) is 0.611. The van der Waals surface area contributed by atoms with Gasteiger partial charge in [0.1, 0.15) is 0 Å². The monoisotopic (exact) mass is 318 g/mol. The van der Waals surface area contributed by atoms with Crippen molar-refractivity contribution in [1.82, 2.24) is 4.90 Å². The lowest BCUT2D eigenvalue weighted by Crippen LogP contribution is -2.76. The zero-order valence-corrected chi connectivity index (χ0v) is 13.0. The van der Waals surface area contributed by atoms with Gasteiger partial charge in [0.05, 0.1) is 22.2 Å². The van der Waals surface area contributed by atoms with Gasteiger partial charge >= 0.3 is 0 Å². The molecule has 23 heavy (non-hydrogen) atoms. The molecule has 1 saturated carbocycles. The summed E-state index contributed by atoms with van der Waals surface area (Å²) < 4.78 is 33.5. The smallest absolute Gasteiger partial charge is 0.174 e. The van der Waals surface area contributed by atoms with Gasteiger partial charge in [-0.15, -0.1) is 0 Å². The second kappa shape index (κ2) is 4.08. The van der Waals surface area contributed by atoms with Crippen molar-refractivity contribution in [1.29, 1.82) is 0 Å². The van der Waals surface area contributed by atoms with Crippen LogP contribution in [-0.2, 0) is 16.6 Å². The molecule has 1 saturated heterocycles. The number of hydrogen-bond donors (Lipinski definition) is 1. The van der Waals surface area contributed by atoms with E-state index in [9.17, 15) is 9.90 Å². The number of ketones is 1. The molecular weight excluding hydrogens is 294 g/mol. The highest BCUT2D eigenvalue weighted by Crippen LogP contribution is 2.64. The van der Waals surface area contributed by atoms with E-state index in [1.807, 2.05) is 13.1 Å². The van der Waals surface area contributed by atoms with Crippen LogP contribution in [0.25, 0.3) is 0 Å². The number of methoxy groups -OCH3 is 1. The molecule has 1 N–H and O–H groups in total. The standard InChI is InChI=1S/C18H21NO4/c1-19-8-7-17-14-10-3-4-12(22-2)15(14)23-16(17)11(20)5-6-18(17,21)13(19)9-10/h3-4,13,16,21H,5-9H2,1-2H3/t13-,16-,17-,18+/m0/s1/i2D3. The molecule has 0 amide bonds. The van der Waals surface area contributed by atoms with Crippen molar-refractivity contribution >= 4 is 5.78 Å². The highest BCUT2D eigenvalue weighted by atomic mass is 16.5. The Bertz CT molecular complexity index is 825. The first-order chi connectivity index (χ1) is 12.2. The van der Waals surface area contributed by atoms with Gasteiger partial charge < -0.3 is 19.5 Å². The summed E-state index contributed by atoms with van der Waals surface area (Å²) in [4.78, 5) is 14.9. The Morgan fingerprint density at radius 1 is 1.48 bits per heavy atom. The molecule has 1 aromatic carbocycles. The maximum atomic E-state index is 12.7. The molecule has 5 nitrogen and oxygen atoms in total. The van der Waals surface area contributed by atoms with Gasteiger partial charge in [-0.25, -0.2) is 0 Å². The topological polar surface area (TPSA) is 59.0 Å². The molecule has 2 aliphatic heterocycles. The maximum Gasteiger partial charge on any atom is 0.174 e. The van der Waals surface area contributed by atoms with Crippen LogP contribution in [0.4, 0.5) is 0 Å². The van der Waals surface area contributed by atoms with E-state index in [0.29, 0.717) is 25.0 Å². The number of likely N-dealkylation sites (tertiary alicyclic amines) is 1. The van der Waals surface area contributed by atoms with Crippen molar-refractivity contribution in [3.05, 3.63) is 23.3 Å². The molecule has 2 heterocycles. The molecule has 2 aliphatic carbocycles. The minimum Gasteiger partial charge on any atom is -0.493 e. The zero-order valence-electron chi connectivity index (χ0n) is 16.0. The molecule has 5 heteroatoms. The number of benzene rings is 1. The van der Waals surface area contributed by atoms with E-state index in [0.717, 1.165) is 17.7 Å². The number of rotatable bonds is 1. The molecule has 4 aliphatic rings. The molecule has 5 rings (SSSR count). The Morgan fingerprint density at radius 2 is 2.35 bits per heavy atom. The Morgan fingerprint density at radius 3 is 3.17 bits per heavy atom. The van der Waals surface area contributed by atoms with Crippen LogP contribution in [0.1, 0.15) is 34.5 Å². The van der Waals surface area contributed by atoms with Crippen LogP contribution in [-0.4, -0.2) is 54.2 Å². The number of likely N-dealkylation sites (N-methyl/N-ethyl adjacent to an activating group) is 1. The number of ether oxygens (including phenoxy) is 2. The van der Waals surface area contributed by atoms with Gasteiger partial charge in [0.25, 0.3) is 0 Å². The van der Waals surface area contributed by atoms with Gasteiger partial charge in [-0.1, -0.05) is 6.07 Å². The number of Topliss-reactive ketones (excluding diaryl/α,β-unsaturated/α-hetero) is 1. The fourth-order valence-electron chi connectivity index (χ4n) is 5.60. The summed E-state index contributed by atoms with van der Waals surface area (Å²) in [5.74, 6) is 0.433. The average Bonchev–Trinajstić information content (AvgIpc) is 2.90. The Balaban J connectivity index is 1.77. The summed E-state index contributed by atoms with van der Waals surface area (Å²) in [5.41, 5.74) is -0.0631. The van der Waals surface area contributed by atoms with Crippen LogP contribution in [0, 0.1) is 0 Å². The van der Waals surface area contributed by atoms with E-state index in [4.69, 9.17) is 13.6 Å². The maximum absolute atomic E-state index is 12.7. The van der Waals surface area contributed by atoms with Crippen molar-refractivity contribution in [3.63, 3.8) is 0 Å². The van der Waals surface area contributed by atoms with Gasteiger partial charge in [0, 0.05) is 18.0 Å². The predicted molar refractivity (Wildman–Crippen MR) is 83.0 cm³/mol. The summed E-state index contributed by atoms with van der Waals surface area (Å²) in [5, 5.41) is 11.8. The third kappa shape index (κ3) is 1.32. The van der Waals surface area contributed by atoms with E-state index in [2.05, 4.69) is 4.90 Å². The van der Waals surface area contributed by atoms with Gasteiger partial charge in [-0.05, 0) is 44.5 Å². The Kier molecular flexibility index (Phi) is 1.96. The van der Waals surface area contributed by atoms with Crippen LogP contribution in [0.15, 0.2) is 12.1 Å². The van der Waals surface area contributed by atoms with Crippen LogP contribution >= 0.6 is 0 Å². The normalized spacial score (nSPS) is 43.0. The molecule has 0 aromatic heterocycles. The van der Waals surface area contributed by atoms with Crippen molar-refractivity contribution < 1.29 is 23.5 Å². The Labute approximate surface area is 139 Å². The van der Waals surface area contributed by atoms with E-state index < -0.39 is 24.2 Å². The summed E-state index contributed by atoms with van der Waals surface area (Å²) in [6.45, 7) is 0.753. The molecule has 122 valence electrons.